The Morgan fingerprint density at radius 2 is 2.00 bits per heavy atom. The molecule has 106 valence electrons. The SMILES string of the molecule is COc1ccccc1C(CN)N1CCC(C)(O)CC1. The average Bonchev–Trinajstić information content (AvgIpc) is 2.42. The minimum absolute atomic E-state index is 0.159. The van der Waals surface area contributed by atoms with Crippen LogP contribution in [-0.2, 0) is 0 Å². The summed E-state index contributed by atoms with van der Waals surface area (Å²) in [5, 5.41) is 10.0. The van der Waals surface area contributed by atoms with Crippen LogP contribution >= 0.6 is 0 Å². The number of nitrogens with zero attached hydrogens (tertiary/aromatic N) is 1. The summed E-state index contributed by atoms with van der Waals surface area (Å²) in [4.78, 5) is 2.34. The number of methoxy groups -OCH3 is 1. The molecule has 4 nitrogen and oxygen atoms in total. The Labute approximate surface area is 115 Å². The highest BCUT2D eigenvalue weighted by molar-refractivity contribution is 5.36. The van der Waals surface area contributed by atoms with Crippen LogP contribution in [0.15, 0.2) is 24.3 Å². The molecule has 1 saturated heterocycles. The number of hydrogen-bond donors (Lipinski definition) is 2. The molecule has 1 aromatic rings. The molecule has 1 fully saturated rings. The second-order valence-corrected chi connectivity index (χ2v) is 5.53. The third-order valence-corrected chi connectivity index (χ3v) is 4.04. The summed E-state index contributed by atoms with van der Waals surface area (Å²) in [5.41, 5.74) is 6.57. The maximum absolute atomic E-state index is 10.0. The predicted molar refractivity (Wildman–Crippen MR) is 76.2 cm³/mol. The average molecular weight is 264 g/mol. The molecule has 0 aromatic heterocycles. The van der Waals surface area contributed by atoms with Crippen LogP contribution in [0.4, 0.5) is 0 Å². The summed E-state index contributed by atoms with van der Waals surface area (Å²) in [6.07, 6.45) is 1.58. The van der Waals surface area contributed by atoms with E-state index in [-0.39, 0.29) is 6.04 Å². The van der Waals surface area contributed by atoms with Crippen molar-refractivity contribution >= 4 is 0 Å². The van der Waals surface area contributed by atoms with Crippen LogP contribution < -0.4 is 10.5 Å². The van der Waals surface area contributed by atoms with Gasteiger partial charge in [-0.2, -0.15) is 0 Å². The molecular formula is C15H24N2O2. The van der Waals surface area contributed by atoms with Gasteiger partial charge >= 0.3 is 0 Å². The molecule has 0 amide bonds. The van der Waals surface area contributed by atoms with Gasteiger partial charge in [-0.15, -0.1) is 0 Å². The van der Waals surface area contributed by atoms with E-state index in [1.54, 1.807) is 7.11 Å². The maximum Gasteiger partial charge on any atom is 0.123 e. The molecule has 1 aliphatic rings. The van der Waals surface area contributed by atoms with E-state index in [9.17, 15) is 5.11 Å². The standard InChI is InChI=1S/C15H24N2O2/c1-15(18)7-9-17(10-8-15)13(11-16)12-5-3-4-6-14(12)19-2/h3-6,13,18H,7-11,16H2,1-2H3. The van der Waals surface area contributed by atoms with E-state index < -0.39 is 5.60 Å². The van der Waals surface area contributed by atoms with Crippen LogP contribution in [0.1, 0.15) is 31.4 Å². The van der Waals surface area contributed by atoms with E-state index in [1.807, 2.05) is 25.1 Å². The molecule has 3 N–H and O–H groups in total. The van der Waals surface area contributed by atoms with Crippen molar-refractivity contribution in [1.29, 1.82) is 0 Å². The number of rotatable bonds is 4. The molecule has 2 rings (SSSR count). The number of benzene rings is 1. The maximum atomic E-state index is 10.0. The Morgan fingerprint density at radius 1 is 1.37 bits per heavy atom. The normalized spacial score (nSPS) is 21.1. The molecule has 0 saturated carbocycles. The van der Waals surface area contributed by atoms with Gasteiger partial charge < -0.3 is 15.6 Å². The zero-order chi connectivity index (χ0) is 13.9. The van der Waals surface area contributed by atoms with Gasteiger partial charge in [-0.05, 0) is 25.8 Å². The van der Waals surface area contributed by atoms with Crippen molar-refractivity contribution in [2.24, 2.45) is 5.73 Å². The quantitative estimate of drug-likeness (QED) is 0.866. The molecule has 1 unspecified atom stereocenters. The number of hydrogen-bond acceptors (Lipinski definition) is 4. The summed E-state index contributed by atoms with van der Waals surface area (Å²) >= 11 is 0. The van der Waals surface area contributed by atoms with Crippen LogP contribution in [0.5, 0.6) is 5.75 Å². The van der Waals surface area contributed by atoms with Gasteiger partial charge in [0.05, 0.1) is 18.8 Å². The molecular weight excluding hydrogens is 240 g/mol. The molecule has 0 aliphatic carbocycles. The fourth-order valence-corrected chi connectivity index (χ4v) is 2.73. The first-order chi connectivity index (χ1) is 9.07. The van der Waals surface area contributed by atoms with Crippen LogP contribution in [0.2, 0.25) is 0 Å². The summed E-state index contributed by atoms with van der Waals surface area (Å²) in [7, 11) is 1.69. The Balaban J connectivity index is 2.16. The zero-order valence-corrected chi connectivity index (χ0v) is 11.8. The highest BCUT2D eigenvalue weighted by Crippen LogP contribution is 2.32. The van der Waals surface area contributed by atoms with E-state index in [0.29, 0.717) is 6.54 Å². The van der Waals surface area contributed by atoms with Gasteiger partial charge in [0.15, 0.2) is 0 Å². The first kappa shape index (κ1) is 14.3. The second-order valence-electron chi connectivity index (χ2n) is 5.53. The second kappa shape index (κ2) is 5.90. The molecule has 1 heterocycles. The molecule has 4 heteroatoms. The zero-order valence-electron chi connectivity index (χ0n) is 11.8. The smallest absolute Gasteiger partial charge is 0.123 e. The Hall–Kier alpha value is -1.10. The third kappa shape index (κ3) is 3.26. The number of para-hydroxylation sites is 1. The highest BCUT2D eigenvalue weighted by Gasteiger charge is 2.31. The topological polar surface area (TPSA) is 58.7 Å². The van der Waals surface area contributed by atoms with Crippen molar-refractivity contribution < 1.29 is 9.84 Å². The highest BCUT2D eigenvalue weighted by atomic mass is 16.5. The van der Waals surface area contributed by atoms with Crippen LogP contribution in [0.25, 0.3) is 0 Å². The van der Waals surface area contributed by atoms with Crippen molar-refractivity contribution in [2.75, 3.05) is 26.7 Å². The lowest BCUT2D eigenvalue weighted by atomic mass is 9.91. The van der Waals surface area contributed by atoms with Crippen LogP contribution in [0.3, 0.4) is 0 Å². The van der Waals surface area contributed by atoms with Crippen molar-refractivity contribution in [3.05, 3.63) is 29.8 Å². The van der Waals surface area contributed by atoms with Gasteiger partial charge in [-0.1, -0.05) is 18.2 Å². The van der Waals surface area contributed by atoms with Gasteiger partial charge in [-0.3, -0.25) is 4.90 Å². The number of likely N-dealkylation sites (tertiary alicyclic amines) is 1. The summed E-state index contributed by atoms with van der Waals surface area (Å²) in [6, 6.07) is 8.19. The van der Waals surface area contributed by atoms with Gasteiger partial charge in [0.2, 0.25) is 0 Å². The molecule has 1 aromatic carbocycles. The van der Waals surface area contributed by atoms with E-state index in [1.165, 1.54) is 0 Å². The van der Waals surface area contributed by atoms with Gasteiger partial charge in [0.25, 0.3) is 0 Å². The first-order valence-electron chi connectivity index (χ1n) is 6.87. The minimum atomic E-state index is -0.531. The first-order valence-corrected chi connectivity index (χ1v) is 6.87. The minimum Gasteiger partial charge on any atom is -0.496 e. The number of aliphatic hydroxyl groups is 1. The van der Waals surface area contributed by atoms with E-state index in [4.69, 9.17) is 10.5 Å². The molecule has 0 radical (unpaired) electrons. The molecule has 0 bridgehead atoms. The molecule has 19 heavy (non-hydrogen) atoms. The lowest BCUT2D eigenvalue weighted by Crippen LogP contribution is -2.45. The Kier molecular flexibility index (Phi) is 4.45. The Morgan fingerprint density at radius 3 is 2.58 bits per heavy atom. The Bertz CT molecular complexity index is 410. The van der Waals surface area contributed by atoms with Crippen molar-refractivity contribution in [3.63, 3.8) is 0 Å². The van der Waals surface area contributed by atoms with Crippen molar-refractivity contribution in [2.45, 2.75) is 31.4 Å². The van der Waals surface area contributed by atoms with Gasteiger partial charge in [0.1, 0.15) is 5.75 Å². The fraction of sp³-hybridized carbons (Fsp3) is 0.600. The lowest BCUT2D eigenvalue weighted by molar-refractivity contribution is -0.0162. The predicted octanol–water partition coefficient (Wildman–Crippen LogP) is 1.54. The summed E-state index contributed by atoms with van der Waals surface area (Å²) in [5.74, 6) is 0.885. The molecule has 1 aliphatic heterocycles. The monoisotopic (exact) mass is 264 g/mol. The van der Waals surface area contributed by atoms with Crippen LogP contribution in [0, 0.1) is 0 Å². The van der Waals surface area contributed by atoms with E-state index >= 15 is 0 Å². The van der Waals surface area contributed by atoms with Crippen LogP contribution in [-0.4, -0.2) is 42.4 Å². The summed E-state index contributed by atoms with van der Waals surface area (Å²) in [6.45, 7) is 4.20. The number of nitrogens with two attached hydrogens (primary N) is 1. The number of ether oxygens (including phenoxy) is 1. The lowest BCUT2D eigenvalue weighted by Gasteiger charge is -2.40. The fourth-order valence-electron chi connectivity index (χ4n) is 2.73. The van der Waals surface area contributed by atoms with Crippen molar-refractivity contribution in [1.82, 2.24) is 4.90 Å². The van der Waals surface area contributed by atoms with E-state index in [0.717, 1.165) is 37.2 Å². The third-order valence-electron chi connectivity index (χ3n) is 4.04. The largest absolute Gasteiger partial charge is 0.496 e. The van der Waals surface area contributed by atoms with Gasteiger partial charge in [0, 0.05) is 25.2 Å². The van der Waals surface area contributed by atoms with Crippen molar-refractivity contribution in [3.8, 4) is 5.75 Å². The molecule has 0 spiro atoms. The molecule has 1 atom stereocenters. The summed E-state index contributed by atoms with van der Waals surface area (Å²) < 4.78 is 5.43. The van der Waals surface area contributed by atoms with Gasteiger partial charge in [-0.25, -0.2) is 0 Å². The number of piperidine rings is 1. The van der Waals surface area contributed by atoms with E-state index in [2.05, 4.69) is 11.0 Å².